The van der Waals surface area contributed by atoms with Crippen LogP contribution in [-0.4, -0.2) is 72.0 Å². The Morgan fingerprint density at radius 3 is 2.59 bits per heavy atom. The van der Waals surface area contributed by atoms with Crippen molar-refractivity contribution in [3.05, 3.63) is 82.9 Å². The van der Waals surface area contributed by atoms with Crippen LogP contribution in [-0.2, 0) is 16.0 Å². The lowest BCUT2D eigenvalue weighted by Crippen LogP contribution is -2.43. The normalized spacial score (nSPS) is 19.2. The second kappa shape index (κ2) is 13.0. The summed E-state index contributed by atoms with van der Waals surface area (Å²) in [5.41, 5.74) is 8.71. The molecule has 0 spiro atoms. The summed E-state index contributed by atoms with van der Waals surface area (Å²) < 4.78 is 12.2. The number of amides is 3. The Balaban J connectivity index is 1.28. The van der Waals surface area contributed by atoms with Gasteiger partial charge in [-0.3, -0.25) is 14.4 Å². The standard InChI is InChI=1S/C34H38N4O6/c35-33(41)22-9-14-37(15-10-22)16-12-31(40)38-17-11-23-19-26-5-7-28(23)32(38)24-3-1-4-25(20-24)43-18-2-13-36-34(42)29-21-27(44-26)6-8-30(29)39/h1,3-8,19-22,32,39H,2,9-18H2,(H2,35,41)(H,36,42)/t32-/m0/s1. The third-order valence-electron chi connectivity index (χ3n) is 8.79. The topological polar surface area (TPSA) is 134 Å². The lowest BCUT2D eigenvalue weighted by molar-refractivity contribution is -0.134. The van der Waals surface area contributed by atoms with E-state index < -0.39 is 0 Å². The van der Waals surface area contributed by atoms with E-state index >= 15 is 0 Å². The third kappa shape index (κ3) is 6.50. The van der Waals surface area contributed by atoms with Crippen molar-refractivity contribution in [2.24, 2.45) is 11.7 Å². The maximum Gasteiger partial charge on any atom is 0.255 e. The molecule has 0 aromatic heterocycles. The Morgan fingerprint density at radius 1 is 0.977 bits per heavy atom. The minimum Gasteiger partial charge on any atom is -0.507 e. The summed E-state index contributed by atoms with van der Waals surface area (Å²) >= 11 is 0. The molecule has 10 heteroatoms. The predicted octanol–water partition coefficient (Wildman–Crippen LogP) is 3.76. The van der Waals surface area contributed by atoms with Gasteiger partial charge in [-0.1, -0.05) is 18.2 Å². The first-order chi connectivity index (χ1) is 21.4. The zero-order valence-corrected chi connectivity index (χ0v) is 24.7. The fourth-order valence-electron chi connectivity index (χ4n) is 6.36. The van der Waals surface area contributed by atoms with Gasteiger partial charge in [0.05, 0.1) is 18.2 Å². The maximum atomic E-state index is 13.8. The molecular weight excluding hydrogens is 560 g/mol. The van der Waals surface area contributed by atoms with Crippen LogP contribution in [0.1, 0.15) is 58.8 Å². The van der Waals surface area contributed by atoms with Crippen LogP contribution < -0.4 is 20.5 Å². The second-order valence-electron chi connectivity index (χ2n) is 11.7. The molecular formula is C34H38N4O6. The molecule has 1 saturated heterocycles. The number of primary amides is 1. The Hall–Kier alpha value is -4.57. The largest absolute Gasteiger partial charge is 0.507 e. The molecule has 44 heavy (non-hydrogen) atoms. The number of nitrogens with one attached hydrogen (secondary N) is 1. The average molecular weight is 599 g/mol. The number of rotatable bonds is 4. The van der Waals surface area contributed by atoms with Crippen molar-refractivity contribution in [3.8, 4) is 23.0 Å². The number of hydrogen-bond acceptors (Lipinski definition) is 7. The molecule has 7 rings (SSSR count). The Kier molecular flexibility index (Phi) is 8.70. The predicted molar refractivity (Wildman–Crippen MR) is 164 cm³/mol. The number of phenols is 1. The van der Waals surface area contributed by atoms with E-state index in [1.807, 2.05) is 47.4 Å². The van der Waals surface area contributed by atoms with Crippen LogP contribution in [0.25, 0.3) is 0 Å². The first-order valence-corrected chi connectivity index (χ1v) is 15.3. The quantitative estimate of drug-likeness (QED) is 0.416. The molecule has 3 aromatic rings. The summed E-state index contributed by atoms with van der Waals surface area (Å²) in [5, 5.41) is 13.1. The maximum absolute atomic E-state index is 13.8. The fraction of sp³-hybridized carbons (Fsp3) is 0.382. The van der Waals surface area contributed by atoms with Gasteiger partial charge in [0, 0.05) is 32.0 Å². The molecule has 1 atom stereocenters. The fourth-order valence-corrected chi connectivity index (χ4v) is 6.36. The molecule has 1 fully saturated rings. The van der Waals surface area contributed by atoms with Crippen LogP contribution in [0, 0.1) is 5.92 Å². The molecule has 4 N–H and O–H groups in total. The number of likely N-dealkylation sites (tertiary alicyclic amines) is 1. The van der Waals surface area contributed by atoms with Crippen LogP contribution in [0.15, 0.2) is 60.7 Å². The summed E-state index contributed by atoms with van der Waals surface area (Å²) in [4.78, 5) is 42.3. The summed E-state index contributed by atoms with van der Waals surface area (Å²) in [6.45, 7) is 3.49. The molecule has 230 valence electrons. The van der Waals surface area contributed by atoms with Crippen LogP contribution in [0.4, 0.5) is 0 Å². The summed E-state index contributed by atoms with van der Waals surface area (Å²) in [5.74, 6) is 1.00. The Labute approximate surface area is 256 Å². The van der Waals surface area contributed by atoms with Crippen molar-refractivity contribution in [2.45, 2.75) is 38.1 Å². The number of aromatic hydroxyl groups is 1. The number of benzene rings is 3. The third-order valence-corrected chi connectivity index (χ3v) is 8.79. The number of fused-ring (bicyclic) bond motifs is 6. The van der Waals surface area contributed by atoms with Crippen molar-refractivity contribution in [1.29, 1.82) is 0 Å². The van der Waals surface area contributed by atoms with Gasteiger partial charge in [0.2, 0.25) is 11.8 Å². The monoisotopic (exact) mass is 598 g/mol. The van der Waals surface area contributed by atoms with Crippen LogP contribution in [0.3, 0.4) is 0 Å². The van der Waals surface area contributed by atoms with E-state index in [0.717, 1.165) is 42.6 Å². The lowest BCUT2D eigenvalue weighted by Gasteiger charge is -2.39. The lowest BCUT2D eigenvalue weighted by atomic mass is 9.87. The van der Waals surface area contributed by atoms with Gasteiger partial charge in [-0.05, 0) is 97.9 Å². The molecule has 4 heterocycles. The number of phenolic OH excluding ortho intramolecular Hbond substituents is 1. The molecule has 4 aliphatic rings. The summed E-state index contributed by atoms with van der Waals surface area (Å²) in [7, 11) is 0. The van der Waals surface area contributed by atoms with E-state index in [1.54, 1.807) is 6.07 Å². The van der Waals surface area contributed by atoms with Gasteiger partial charge in [0.15, 0.2) is 0 Å². The zero-order chi connectivity index (χ0) is 30.6. The first-order valence-electron chi connectivity index (χ1n) is 15.3. The zero-order valence-electron chi connectivity index (χ0n) is 24.7. The summed E-state index contributed by atoms with van der Waals surface area (Å²) in [6.07, 6.45) is 3.09. The second-order valence-corrected chi connectivity index (χ2v) is 11.7. The van der Waals surface area contributed by atoms with Crippen molar-refractivity contribution >= 4 is 17.7 Å². The van der Waals surface area contributed by atoms with Gasteiger partial charge in [0.1, 0.15) is 23.0 Å². The molecule has 4 aliphatic heterocycles. The van der Waals surface area contributed by atoms with Crippen molar-refractivity contribution in [2.75, 3.05) is 39.3 Å². The summed E-state index contributed by atoms with van der Waals surface area (Å²) in [6, 6.07) is 18.1. The smallest absolute Gasteiger partial charge is 0.255 e. The van der Waals surface area contributed by atoms with E-state index in [9.17, 15) is 19.5 Å². The van der Waals surface area contributed by atoms with Crippen molar-refractivity contribution in [3.63, 3.8) is 0 Å². The van der Waals surface area contributed by atoms with Gasteiger partial charge >= 0.3 is 0 Å². The SMILES string of the molecule is NC(=O)C1CCN(CCC(=O)N2CCc3cc4ccc3[C@@H]2c2cccc(c2)OCCCNC(=O)c2cc(ccc2O)O4)CC1. The number of carbonyl (C=O) groups excluding carboxylic acids is 3. The minimum atomic E-state index is -0.385. The molecule has 10 nitrogen and oxygen atoms in total. The van der Waals surface area contributed by atoms with E-state index in [0.29, 0.717) is 62.8 Å². The Morgan fingerprint density at radius 2 is 1.77 bits per heavy atom. The highest BCUT2D eigenvalue weighted by molar-refractivity contribution is 5.97. The molecule has 3 amide bonds. The van der Waals surface area contributed by atoms with Crippen LogP contribution in [0.2, 0.25) is 0 Å². The van der Waals surface area contributed by atoms with Crippen molar-refractivity contribution in [1.82, 2.24) is 15.1 Å². The number of piperidine rings is 1. The number of nitrogens with two attached hydrogens (primary N) is 1. The highest BCUT2D eigenvalue weighted by Gasteiger charge is 2.33. The van der Waals surface area contributed by atoms with Crippen LogP contribution in [0.5, 0.6) is 23.0 Å². The highest BCUT2D eigenvalue weighted by Crippen LogP contribution is 2.39. The molecule has 0 radical (unpaired) electrons. The van der Waals surface area contributed by atoms with E-state index in [-0.39, 0.29) is 41.0 Å². The molecule has 8 bridgehead atoms. The molecule has 0 aliphatic carbocycles. The first kappa shape index (κ1) is 29.5. The van der Waals surface area contributed by atoms with E-state index in [1.165, 1.54) is 12.1 Å². The van der Waals surface area contributed by atoms with Gasteiger partial charge in [-0.2, -0.15) is 0 Å². The molecule has 3 aromatic carbocycles. The Bertz CT molecular complexity index is 1550. The van der Waals surface area contributed by atoms with Crippen molar-refractivity contribution < 1.29 is 29.0 Å². The van der Waals surface area contributed by atoms with Gasteiger partial charge in [-0.25, -0.2) is 0 Å². The van der Waals surface area contributed by atoms with E-state index in [2.05, 4.69) is 10.2 Å². The van der Waals surface area contributed by atoms with Gasteiger partial charge in [0.25, 0.3) is 5.91 Å². The average Bonchev–Trinajstić information content (AvgIpc) is 3.03. The number of carbonyl (C=O) groups is 3. The highest BCUT2D eigenvalue weighted by atomic mass is 16.5. The van der Waals surface area contributed by atoms with Crippen LogP contribution >= 0.6 is 0 Å². The molecule has 0 unspecified atom stereocenters. The molecule has 0 saturated carbocycles. The number of ether oxygens (including phenoxy) is 2. The minimum absolute atomic E-state index is 0.0778. The van der Waals surface area contributed by atoms with Gasteiger partial charge in [-0.15, -0.1) is 0 Å². The number of hydrogen-bond donors (Lipinski definition) is 3. The number of nitrogens with zero attached hydrogens (tertiary/aromatic N) is 2. The van der Waals surface area contributed by atoms with E-state index in [4.69, 9.17) is 15.2 Å². The van der Waals surface area contributed by atoms with Gasteiger partial charge < -0.3 is 35.4 Å².